The molecule has 4 aliphatic rings. The summed E-state index contributed by atoms with van der Waals surface area (Å²) in [5.41, 5.74) is 1.46. The molecule has 0 spiro atoms. The maximum Gasteiger partial charge on any atom is 0.408 e. The summed E-state index contributed by atoms with van der Waals surface area (Å²) in [5, 5.41) is 9.39. The zero-order valence-electron chi connectivity index (χ0n) is 32.4. The molecule has 7 rings (SSSR count). The van der Waals surface area contributed by atoms with Crippen molar-refractivity contribution in [2.24, 2.45) is 5.92 Å². The van der Waals surface area contributed by atoms with Gasteiger partial charge in [0.2, 0.25) is 5.91 Å². The van der Waals surface area contributed by atoms with Gasteiger partial charge in [-0.3, -0.25) is 9.59 Å². The molecule has 2 aliphatic carbocycles. The second-order valence-electron chi connectivity index (χ2n) is 16.2. The predicted octanol–water partition coefficient (Wildman–Crippen LogP) is 6.36. The number of nitrogens with one attached hydrogen (secondary N) is 2. The van der Waals surface area contributed by atoms with Crippen molar-refractivity contribution in [3.05, 3.63) is 47.0 Å². The highest BCUT2D eigenvalue weighted by Gasteiger charge is 2.62. The Labute approximate surface area is 325 Å². The van der Waals surface area contributed by atoms with Crippen molar-refractivity contribution in [3.63, 3.8) is 0 Å². The summed E-state index contributed by atoms with van der Waals surface area (Å²) < 4.78 is 23.4. The fourth-order valence-corrected chi connectivity index (χ4v) is 8.54. The Bertz CT molecular complexity index is 2000. The van der Waals surface area contributed by atoms with E-state index in [2.05, 4.69) is 16.0 Å². The molecular weight excluding hydrogens is 723 g/mol. The third kappa shape index (κ3) is 8.29. The van der Waals surface area contributed by atoms with Crippen molar-refractivity contribution in [1.29, 1.82) is 0 Å². The first kappa shape index (κ1) is 38.6. The number of nitrogens with zero attached hydrogens (tertiary/aromatic N) is 3. The Balaban J connectivity index is 1.23. The third-order valence-electron chi connectivity index (χ3n) is 10.9. The zero-order chi connectivity index (χ0) is 39.1. The van der Waals surface area contributed by atoms with E-state index in [0.29, 0.717) is 47.9 Å². The number of aromatic nitrogens is 2. The molecule has 13 nitrogen and oxygen atoms in total. The van der Waals surface area contributed by atoms with Crippen LogP contribution in [0.5, 0.6) is 11.5 Å². The van der Waals surface area contributed by atoms with Crippen LogP contribution in [-0.2, 0) is 23.9 Å². The number of rotatable bonds is 7. The predicted molar refractivity (Wildman–Crippen MR) is 207 cm³/mol. The number of hydrogen-bond acceptors (Lipinski definition) is 11. The molecule has 1 saturated heterocycles. The fourth-order valence-electron chi connectivity index (χ4n) is 7.68. The smallest absolute Gasteiger partial charge is 0.408 e. The summed E-state index contributed by atoms with van der Waals surface area (Å²) in [5.74, 6) is -0.0315. The molecule has 1 unspecified atom stereocenters. The number of hydrogen-bond donors (Lipinski definition) is 2. The number of methoxy groups -OCH3 is 2. The topological polar surface area (TPSA) is 158 Å². The van der Waals surface area contributed by atoms with Crippen LogP contribution in [0.1, 0.15) is 95.7 Å². The standard InChI is InChI=1S/C41H51N5O8S/c1-23-31(51-5)17-16-27-33(19-28(42-34(23)27)36-43-29(22-55-36)24-14-15-24)53-26-18-30-35(47)44-41(38(49)52-6)20-25(41)12-10-8-7-9-11-13-32(37(48)46(30)21-26)54-39(50)45-40(2,3)4/h10,12,16-17,19,22,24-26,30,32H,7-9,11,13-15,18,20-21H2,1-6H3,(H,44,47)(H,45,50)/b12-10-/t25-,26-,30+,32?,41-/m1/s1. The van der Waals surface area contributed by atoms with E-state index in [4.69, 9.17) is 28.9 Å². The van der Waals surface area contributed by atoms with Gasteiger partial charge in [0.1, 0.15) is 39.9 Å². The number of amides is 3. The van der Waals surface area contributed by atoms with Crippen LogP contribution < -0.4 is 20.1 Å². The van der Waals surface area contributed by atoms with Crippen LogP contribution in [0.2, 0.25) is 0 Å². The highest BCUT2D eigenvalue weighted by Crippen LogP contribution is 2.47. The Hall–Kier alpha value is -4.72. The molecule has 1 aromatic carbocycles. The summed E-state index contributed by atoms with van der Waals surface area (Å²) in [6, 6.07) is 4.63. The largest absolute Gasteiger partial charge is 0.496 e. The van der Waals surface area contributed by atoms with Gasteiger partial charge >= 0.3 is 12.1 Å². The van der Waals surface area contributed by atoms with Crippen molar-refractivity contribution >= 4 is 46.1 Å². The second-order valence-corrected chi connectivity index (χ2v) is 17.1. The summed E-state index contributed by atoms with van der Waals surface area (Å²) in [4.78, 5) is 66.5. The van der Waals surface area contributed by atoms with E-state index in [1.165, 1.54) is 12.0 Å². The summed E-state index contributed by atoms with van der Waals surface area (Å²) in [7, 11) is 2.93. The van der Waals surface area contributed by atoms with Crippen LogP contribution in [0.4, 0.5) is 4.79 Å². The van der Waals surface area contributed by atoms with Gasteiger partial charge in [0.25, 0.3) is 5.91 Å². The molecule has 3 aromatic rings. The zero-order valence-corrected chi connectivity index (χ0v) is 33.3. The second kappa shape index (κ2) is 15.4. The van der Waals surface area contributed by atoms with Crippen LogP contribution in [0, 0.1) is 12.8 Å². The average Bonchev–Trinajstić information content (AvgIpc) is 4.01. The maximum atomic E-state index is 14.6. The number of carbonyl (C=O) groups excluding carboxylic acids is 4. The van der Waals surface area contributed by atoms with Gasteiger partial charge in [0, 0.05) is 46.2 Å². The van der Waals surface area contributed by atoms with Gasteiger partial charge in [-0.1, -0.05) is 18.6 Å². The van der Waals surface area contributed by atoms with Crippen molar-refractivity contribution in [3.8, 4) is 22.2 Å². The monoisotopic (exact) mass is 773 g/mol. The van der Waals surface area contributed by atoms with Crippen LogP contribution in [0.3, 0.4) is 0 Å². The molecule has 4 heterocycles. The number of pyridine rings is 1. The Morgan fingerprint density at radius 2 is 1.85 bits per heavy atom. The molecule has 2 N–H and O–H groups in total. The number of thiazole rings is 1. The first-order valence-corrected chi connectivity index (χ1v) is 20.2. The lowest BCUT2D eigenvalue weighted by Gasteiger charge is -2.30. The van der Waals surface area contributed by atoms with Crippen molar-refractivity contribution in [2.75, 3.05) is 20.8 Å². The highest BCUT2D eigenvalue weighted by molar-refractivity contribution is 7.13. The first-order chi connectivity index (χ1) is 26.3. The van der Waals surface area contributed by atoms with Gasteiger partial charge in [-0.2, -0.15) is 0 Å². The lowest BCUT2D eigenvalue weighted by molar-refractivity contribution is -0.149. The first-order valence-electron chi connectivity index (χ1n) is 19.3. The van der Waals surface area contributed by atoms with Gasteiger partial charge in [0.05, 0.1) is 32.0 Å². The molecule has 3 fully saturated rings. The summed E-state index contributed by atoms with van der Waals surface area (Å²) >= 11 is 1.54. The number of allylic oxidation sites excluding steroid dienone is 1. The lowest BCUT2D eigenvalue weighted by atomic mass is 10.1. The summed E-state index contributed by atoms with van der Waals surface area (Å²) in [6.07, 6.45) is 7.71. The molecule has 0 radical (unpaired) electrons. The molecule has 2 saturated carbocycles. The van der Waals surface area contributed by atoms with E-state index in [9.17, 15) is 19.2 Å². The quantitative estimate of drug-likeness (QED) is 0.204. The van der Waals surface area contributed by atoms with E-state index < -0.39 is 53.2 Å². The molecule has 2 aromatic heterocycles. The van der Waals surface area contributed by atoms with Crippen molar-refractivity contribution < 1.29 is 38.1 Å². The Morgan fingerprint density at radius 3 is 2.58 bits per heavy atom. The average molecular weight is 774 g/mol. The molecule has 55 heavy (non-hydrogen) atoms. The number of ether oxygens (including phenoxy) is 4. The molecule has 14 heteroatoms. The van der Waals surface area contributed by atoms with Gasteiger partial charge in [-0.25, -0.2) is 19.6 Å². The van der Waals surface area contributed by atoms with Crippen LogP contribution in [0.25, 0.3) is 21.6 Å². The molecule has 0 bridgehead atoms. The van der Waals surface area contributed by atoms with Crippen LogP contribution >= 0.6 is 11.3 Å². The van der Waals surface area contributed by atoms with Gasteiger partial charge in [-0.15, -0.1) is 11.3 Å². The number of benzene rings is 1. The van der Waals surface area contributed by atoms with Crippen LogP contribution in [-0.4, -0.2) is 88.8 Å². The molecule has 294 valence electrons. The summed E-state index contributed by atoms with van der Waals surface area (Å²) in [6.45, 7) is 7.48. The van der Waals surface area contributed by atoms with E-state index in [1.54, 1.807) is 18.4 Å². The van der Waals surface area contributed by atoms with Gasteiger partial charge in [-0.05, 0) is 84.8 Å². The molecule has 5 atom stereocenters. The number of fused-ring (bicyclic) bond motifs is 3. The lowest BCUT2D eigenvalue weighted by Crippen LogP contribution is -2.55. The number of alkyl carbamates (subject to hydrolysis) is 1. The molecule has 3 amide bonds. The Kier molecular flexibility index (Phi) is 10.8. The Morgan fingerprint density at radius 1 is 1.05 bits per heavy atom. The number of aryl methyl sites for hydroxylation is 1. The fraction of sp³-hybridized carbons (Fsp3) is 0.561. The number of carbonyl (C=O) groups is 4. The SMILES string of the molecule is COC(=O)[C@@]12C[C@H]1/C=C\CCCCCC(OC(=O)NC(C)(C)C)C(=O)N1C[C@H](Oc3cc(-c4nc(C5CC5)cs4)nc4c(C)c(OC)ccc34)C[C@H]1C(=O)N2. The van der Waals surface area contributed by atoms with Crippen molar-refractivity contribution in [1.82, 2.24) is 25.5 Å². The van der Waals surface area contributed by atoms with Gasteiger partial charge < -0.3 is 34.5 Å². The number of esters is 1. The molecule has 2 aliphatic heterocycles. The van der Waals surface area contributed by atoms with E-state index in [1.807, 2.05) is 58.0 Å². The van der Waals surface area contributed by atoms with Crippen LogP contribution in [0.15, 0.2) is 35.7 Å². The van der Waals surface area contributed by atoms with E-state index in [0.717, 1.165) is 53.8 Å². The molecular formula is C41H51N5O8S. The highest BCUT2D eigenvalue weighted by atomic mass is 32.1. The minimum atomic E-state index is -1.22. The van der Waals surface area contributed by atoms with E-state index >= 15 is 0 Å². The van der Waals surface area contributed by atoms with Crippen molar-refractivity contribution in [2.45, 2.75) is 121 Å². The van der Waals surface area contributed by atoms with E-state index in [-0.39, 0.29) is 18.9 Å². The minimum Gasteiger partial charge on any atom is -0.496 e. The third-order valence-corrected chi connectivity index (χ3v) is 11.7. The normalized spacial score (nSPS) is 26.5. The maximum absolute atomic E-state index is 14.6. The van der Waals surface area contributed by atoms with Gasteiger partial charge in [0.15, 0.2) is 6.10 Å². The minimum absolute atomic E-state index is 0.0452.